The van der Waals surface area contributed by atoms with Crippen molar-refractivity contribution in [2.75, 3.05) is 24.0 Å². The first-order valence-corrected chi connectivity index (χ1v) is 6.80. The Morgan fingerprint density at radius 3 is 2.76 bits per heavy atom. The zero-order valence-corrected chi connectivity index (χ0v) is 12.5. The third-order valence-corrected chi connectivity index (χ3v) is 2.86. The molecule has 2 rings (SSSR count). The van der Waals surface area contributed by atoms with E-state index in [0.29, 0.717) is 12.6 Å². The fraction of sp³-hybridized carbons (Fsp3) is 0.357. The van der Waals surface area contributed by atoms with Gasteiger partial charge in [-0.05, 0) is 31.0 Å². The highest BCUT2D eigenvalue weighted by molar-refractivity contribution is 5.58. The minimum absolute atomic E-state index is 0.259. The molecule has 2 aromatic rings. The van der Waals surface area contributed by atoms with Gasteiger partial charge in [-0.2, -0.15) is 15.0 Å². The van der Waals surface area contributed by atoms with Gasteiger partial charge < -0.3 is 9.64 Å². The van der Waals surface area contributed by atoms with Crippen LogP contribution in [0.1, 0.15) is 18.9 Å². The summed E-state index contributed by atoms with van der Waals surface area (Å²) in [6.07, 6.45) is 0.875. The first-order chi connectivity index (χ1) is 10.1. The first kappa shape index (κ1) is 15.0. The number of aryl methyl sites for hydroxylation is 1. The number of hydrogen-bond donors (Lipinski definition) is 2. The van der Waals surface area contributed by atoms with E-state index in [1.807, 2.05) is 50.1 Å². The van der Waals surface area contributed by atoms with Crippen LogP contribution >= 0.6 is 0 Å². The summed E-state index contributed by atoms with van der Waals surface area (Å²) in [5, 5.41) is 0. The van der Waals surface area contributed by atoms with Crippen LogP contribution in [0, 0.1) is 6.92 Å². The minimum atomic E-state index is 0.259. The van der Waals surface area contributed by atoms with E-state index in [-0.39, 0.29) is 12.0 Å². The predicted octanol–water partition coefficient (Wildman–Crippen LogP) is 2.02. The molecule has 112 valence electrons. The summed E-state index contributed by atoms with van der Waals surface area (Å²) in [5.74, 6) is 6.14. The fourth-order valence-corrected chi connectivity index (χ4v) is 1.77. The summed E-state index contributed by atoms with van der Waals surface area (Å²) < 4.78 is 5.46. The number of hydrogen-bond acceptors (Lipinski definition) is 7. The molecule has 7 nitrogen and oxygen atoms in total. The van der Waals surface area contributed by atoms with Crippen molar-refractivity contribution in [2.24, 2.45) is 5.84 Å². The Bertz CT molecular complexity index is 604. The molecule has 7 heteroatoms. The number of nitrogens with zero attached hydrogens (tertiary/aromatic N) is 4. The summed E-state index contributed by atoms with van der Waals surface area (Å²) in [6.45, 7) is 4.60. The second-order valence-electron chi connectivity index (χ2n) is 4.63. The lowest BCUT2D eigenvalue weighted by Crippen LogP contribution is -2.18. The number of nitrogens with one attached hydrogen (secondary N) is 1. The average Bonchev–Trinajstić information content (AvgIpc) is 2.51. The molecule has 0 saturated carbocycles. The third-order valence-electron chi connectivity index (χ3n) is 2.86. The minimum Gasteiger partial charge on any atom is -0.463 e. The normalized spacial score (nSPS) is 10.3. The maximum absolute atomic E-state index is 5.46. The van der Waals surface area contributed by atoms with Gasteiger partial charge >= 0.3 is 6.01 Å². The van der Waals surface area contributed by atoms with Crippen molar-refractivity contribution in [1.82, 2.24) is 15.0 Å². The monoisotopic (exact) mass is 288 g/mol. The van der Waals surface area contributed by atoms with Crippen molar-refractivity contribution in [3.63, 3.8) is 0 Å². The summed E-state index contributed by atoms with van der Waals surface area (Å²) in [6, 6.07) is 8.31. The second-order valence-corrected chi connectivity index (χ2v) is 4.63. The van der Waals surface area contributed by atoms with Crippen LogP contribution in [0.25, 0.3) is 0 Å². The van der Waals surface area contributed by atoms with Crippen LogP contribution < -0.4 is 20.9 Å². The SMILES string of the molecule is CCCOc1nc(NN)nc(N(C)c2cccc(C)c2)n1. The number of nitrogen functional groups attached to an aromatic ring is 1. The Hall–Kier alpha value is -2.41. The van der Waals surface area contributed by atoms with Crippen LogP contribution in [0.5, 0.6) is 6.01 Å². The van der Waals surface area contributed by atoms with E-state index in [1.54, 1.807) is 0 Å². The Balaban J connectivity index is 2.32. The van der Waals surface area contributed by atoms with E-state index in [2.05, 4.69) is 20.4 Å². The second kappa shape index (κ2) is 6.85. The lowest BCUT2D eigenvalue weighted by Gasteiger charge is -2.18. The third kappa shape index (κ3) is 3.79. The van der Waals surface area contributed by atoms with Crippen LogP contribution in [0.2, 0.25) is 0 Å². The van der Waals surface area contributed by atoms with Crippen LogP contribution in [-0.2, 0) is 0 Å². The van der Waals surface area contributed by atoms with Crippen molar-refractivity contribution in [3.8, 4) is 6.01 Å². The zero-order chi connectivity index (χ0) is 15.2. The van der Waals surface area contributed by atoms with Crippen LogP contribution in [0.15, 0.2) is 24.3 Å². The molecule has 0 aliphatic carbocycles. The van der Waals surface area contributed by atoms with Gasteiger partial charge in [0.1, 0.15) is 0 Å². The molecule has 0 amide bonds. The van der Waals surface area contributed by atoms with E-state index < -0.39 is 0 Å². The standard InChI is InChI=1S/C14H20N6O/c1-4-8-21-14-17-12(19-15)16-13(18-14)20(3)11-7-5-6-10(2)9-11/h5-7,9H,4,8,15H2,1-3H3,(H,16,17,18,19). The molecule has 1 aromatic heterocycles. The van der Waals surface area contributed by atoms with E-state index >= 15 is 0 Å². The number of anilines is 3. The topological polar surface area (TPSA) is 89.2 Å². The van der Waals surface area contributed by atoms with E-state index in [4.69, 9.17) is 10.6 Å². The van der Waals surface area contributed by atoms with E-state index in [1.165, 1.54) is 0 Å². The highest BCUT2D eigenvalue weighted by Gasteiger charge is 2.12. The van der Waals surface area contributed by atoms with Gasteiger partial charge in [0.05, 0.1) is 6.61 Å². The van der Waals surface area contributed by atoms with Crippen molar-refractivity contribution in [2.45, 2.75) is 20.3 Å². The average molecular weight is 288 g/mol. The van der Waals surface area contributed by atoms with E-state index in [9.17, 15) is 0 Å². The molecule has 21 heavy (non-hydrogen) atoms. The van der Waals surface area contributed by atoms with Gasteiger partial charge in [-0.15, -0.1) is 0 Å². The molecule has 0 atom stereocenters. The molecule has 0 aliphatic heterocycles. The zero-order valence-electron chi connectivity index (χ0n) is 12.5. The number of aromatic nitrogens is 3. The van der Waals surface area contributed by atoms with Gasteiger partial charge in [0.25, 0.3) is 0 Å². The smallest absolute Gasteiger partial charge is 0.323 e. The maximum atomic E-state index is 5.46. The molecule has 0 bridgehead atoms. The lowest BCUT2D eigenvalue weighted by atomic mass is 10.2. The summed E-state index contributed by atoms with van der Waals surface area (Å²) in [5.41, 5.74) is 4.57. The van der Waals surface area contributed by atoms with Crippen molar-refractivity contribution < 1.29 is 4.74 Å². The lowest BCUT2D eigenvalue weighted by molar-refractivity contribution is 0.292. The molecule has 3 N–H and O–H groups in total. The van der Waals surface area contributed by atoms with Crippen LogP contribution in [0.4, 0.5) is 17.6 Å². The molecular weight excluding hydrogens is 268 g/mol. The Kier molecular flexibility index (Phi) is 4.89. The molecule has 0 spiro atoms. The van der Waals surface area contributed by atoms with Crippen molar-refractivity contribution in [3.05, 3.63) is 29.8 Å². The number of hydrazine groups is 1. The summed E-state index contributed by atoms with van der Waals surface area (Å²) >= 11 is 0. The fourth-order valence-electron chi connectivity index (χ4n) is 1.77. The van der Waals surface area contributed by atoms with Gasteiger partial charge in [-0.25, -0.2) is 5.84 Å². The van der Waals surface area contributed by atoms with Gasteiger partial charge in [0.2, 0.25) is 11.9 Å². The highest BCUT2D eigenvalue weighted by Crippen LogP contribution is 2.23. The van der Waals surface area contributed by atoms with Crippen LogP contribution in [-0.4, -0.2) is 28.6 Å². The predicted molar refractivity (Wildman–Crippen MR) is 82.7 cm³/mol. The summed E-state index contributed by atoms with van der Waals surface area (Å²) in [7, 11) is 1.88. The molecule has 0 radical (unpaired) electrons. The first-order valence-electron chi connectivity index (χ1n) is 6.80. The molecule has 0 unspecified atom stereocenters. The Labute approximate surface area is 124 Å². The van der Waals surface area contributed by atoms with Gasteiger partial charge in [0, 0.05) is 12.7 Å². The summed E-state index contributed by atoms with van der Waals surface area (Å²) in [4.78, 5) is 14.5. The van der Waals surface area contributed by atoms with Gasteiger partial charge in [-0.1, -0.05) is 19.1 Å². The molecule has 0 aliphatic rings. The Morgan fingerprint density at radius 2 is 2.10 bits per heavy atom. The molecule has 1 heterocycles. The molecule has 1 aromatic carbocycles. The quantitative estimate of drug-likeness (QED) is 0.621. The largest absolute Gasteiger partial charge is 0.463 e. The maximum Gasteiger partial charge on any atom is 0.323 e. The van der Waals surface area contributed by atoms with Gasteiger partial charge in [0.15, 0.2) is 0 Å². The van der Waals surface area contributed by atoms with Crippen molar-refractivity contribution in [1.29, 1.82) is 0 Å². The molecule has 0 fully saturated rings. The van der Waals surface area contributed by atoms with Crippen molar-refractivity contribution >= 4 is 17.6 Å². The van der Waals surface area contributed by atoms with E-state index in [0.717, 1.165) is 17.7 Å². The molecular formula is C14H20N6O. The highest BCUT2D eigenvalue weighted by atomic mass is 16.5. The number of ether oxygens (including phenoxy) is 1. The Morgan fingerprint density at radius 1 is 1.29 bits per heavy atom. The number of rotatable bonds is 6. The number of nitrogens with two attached hydrogens (primary N) is 1. The molecule has 0 saturated heterocycles. The number of benzene rings is 1. The van der Waals surface area contributed by atoms with Gasteiger partial charge in [-0.3, -0.25) is 5.43 Å². The van der Waals surface area contributed by atoms with Crippen LogP contribution in [0.3, 0.4) is 0 Å².